The van der Waals surface area contributed by atoms with Crippen molar-refractivity contribution in [3.8, 4) is 5.75 Å². The zero-order valence-corrected chi connectivity index (χ0v) is 15.9. The molecule has 0 saturated heterocycles. The minimum Gasteiger partial charge on any atom is -0.508 e. The van der Waals surface area contributed by atoms with Crippen molar-refractivity contribution in [2.75, 3.05) is 0 Å². The Hall–Kier alpha value is -4.26. The summed E-state index contributed by atoms with van der Waals surface area (Å²) in [5.41, 5.74) is 3.91. The molecule has 148 valence electrons. The predicted octanol–water partition coefficient (Wildman–Crippen LogP) is 2.91. The largest absolute Gasteiger partial charge is 0.508 e. The van der Waals surface area contributed by atoms with Crippen LogP contribution in [0.25, 0.3) is 10.8 Å². The summed E-state index contributed by atoms with van der Waals surface area (Å²) >= 11 is 0. The van der Waals surface area contributed by atoms with Crippen LogP contribution in [0.3, 0.4) is 0 Å². The number of carbonyl (C=O) groups excluding carboxylic acids is 1. The summed E-state index contributed by atoms with van der Waals surface area (Å²) in [5, 5.41) is 18.5. The van der Waals surface area contributed by atoms with E-state index in [2.05, 4.69) is 15.6 Å². The van der Waals surface area contributed by atoms with Crippen molar-refractivity contribution >= 4 is 22.9 Å². The van der Waals surface area contributed by atoms with Gasteiger partial charge in [0.1, 0.15) is 5.75 Å². The number of carbonyl (C=O) groups is 1. The maximum absolute atomic E-state index is 12.9. The number of nitrogens with zero attached hydrogens (tertiary/aromatic N) is 3. The summed E-state index contributed by atoms with van der Waals surface area (Å²) in [4.78, 5) is 25.6. The van der Waals surface area contributed by atoms with E-state index in [9.17, 15) is 14.7 Å². The fourth-order valence-electron chi connectivity index (χ4n) is 3.05. The highest BCUT2D eigenvalue weighted by Gasteiger charge is 2.16. The Balaban J connectivity index is 1.66. The van der Waals surface area contributed by atoms with Crippen molar-refractivity contribution in [3.05, 3.63) is 106 Å². The molecule has 0 spiro atoms. The lowest BCUT2D eigenvalue weighted by Crippen LogP contribution is -2.29. The standard InChI is InChI=1S/C23H18N4O3/c28-18-12-10-16(11-13-18)14-24-25-22(29)21-19-8-4-5-9-20(19)23(30)27(26-21)15-17-6-2-1-3-7-17/h1-14,28H,15H2,(H,25,29). The van der Waals surface area contributed by atoms with E-state index in [1.807, 2.05) is 30.3 Å². The van der Waals surface area contributed by atoms with Gasteiger partial charge < -0.3 is 5.11 Å². The number of hydrogen-bond donors (Lipinski definition) is 2. The molecule has 4 aromatic rings. The number of amides is 1. The number of aromatic nitrogens is 2. The molecule has 30 heavy (non-hydrogen) atoms. The molecule has 2 N–H and O–H groups in total. The van der Waals surface area contributed by atoms with Gasteiger partial charge in [-0.05, 0) is 41.5 Å². The van der Waals surface area contributed by atoms with E-state index in [4.69, 9.17) is 0 Å². The fourth-order valence-corrected chi connectivity index (χ4v) is 3.05. The topological polar surface area (TPSA) is 96.6 Å². The van der Waals surface area contributed by atoms with Gasteiger partial charge in [-0.1, -0.05) is 48.5 Å². The van der Waals surface area contributed by atoms with E-state index in [-0.39, 0.29) is 23.5 Å². The highest BCUT2D eigenvalue weighted by atomic mass is 16.3. The van der Waals surface area contributed by atoms with E-state index in [1.54, 1.807) is 36.4 Å². The van der Waals surface area contributed by atoms with Crippen molar-refractivity contribution in [3.63, 3.8) is 0 Å². The first-order valence-electron chi connectivity index (χ1n) is 9.28. The molecule has 0 aliphatic carbocycles. The predicted molar refractivity (Wildman–Crippen MR) is 115 cm³/mol. The summed E-state index contributed by atoms with van der Waals surface area (Å²) < 4.78 is 1.29. The lowest BCUT2D eigenvalue weighted by atomic mass is 10.1. The highest BCUT2D eigenvalue weighted by Crippen LogP contribution is 2.14. The summed E-state index contributed by atoms with van der Waals surface area (Å²) in [6.07, 6.45) is 1.46. The number of hydrazone groups is 1. The molecule has 1 amide bonds. The Kier molecular flexibility index (Phi) is 5.34. The second-order valence-electron chi connectivity index (χ2n) is 6.63. The van der Waals surface area contributed by atoms with Gasteiger partial charge in [0, 0.05) is 5.39 Å². The number of benzene rings is 3. The molecule has 0 bridgehead atoms. The average molecular weight is 398 g/mol. The molecule has 1 aromatic heterocycles. The minimum absolute atomic E-state index is 0.115. The zero-order valence-electron chi connectivity index (χ0n) is 15.9. The maximum Gasteiger partial charge on any atom is 0.292 e. The van der Waals surface area contributed by atoms with Gasteiger partial charge in [-0.25, -0.2) is 10.1 Å². The van der Waals surface area contributed by atoms with Gasteiger partial charge in [0.15, 0.2) is 5.69 Å². The third-order valence-electron chi connectivity index (χ3n) is 4.53. The number of aromatic hydroxyl groups is 1. The molecule has 0 atom stereocenters. The third-order valence-corrected chi connectivity index (χ3v) is 4.53. The van der Waals surface area contributed by atoms with Crippen LogP contribution in [0.1, 0.15) is 21.6 Å². The zero-order chi connectivity index (χ0) is 20.9. The Morgan fingerprint density at radius 2 is 1.63 bits per heavy atom. The number of phenolic OH excluding ortho intramolecular Hbond substituents is 1. The first kappa shape index (κ1) is 19.1. The van der Waals surface area contributed by atoms with E-state index in [0.29, 0.717) is 16.3 Å². The molecule has 0 aliphatic heterocycles. The van der Waals surface area contributed by atoms with Crippen molar-refractivity contribution in [1.29, 1.82) is 0 Å². The first-order valence-corrected chi connectivity index (χ1v) is 9.28. The van der Waals surface area contributed by atoms with Crippen molar-refractivity contribution in [2.24, 2.45) is 5.10 Å². The van der Waals surface area contributed by atoms with Gasteiger partial charge in [-0.15, -0.1) is 0 Å². The van der Waals surface area contributed by atoms with E-state index in [1.165, 1.54) is 23.0 Å². The second kappa shape index (κ2) is 8.40. The molecule has 0 fully saturated rings. The van der Waals surface area contributed by atoms with Crippen LogP contribution < -0.4 is 11.0 Å². The summed E-state index contributed by atoms with van der Waals surface area (Å²) in [6, 6.07) is 22.7. The molecule has 3 aromatic carbocycles. The Bertz CT molecular complexity index is 1280. The van der Waals surface area contributed by atoms with Crippen LogP contribution in [-0.4, -0.2) is 27.0 Å². The summed E-state index contributed by atoms with van der Waals surface area (Å²) in [7, 11) is 0. The summed E-state index contributed by atoms with van der Waals surface area (Å²) in [5.74, 6) is -0.379. The molecular weight excluding hydrogens is 380 g/mol. The number of hydrogen-bond acceptors (Lipinski definition) is 5. The van der Waals surface area contributed by atoms with Crippen LogP contribution in [0.15, 0.2) is 88.8 Å². The Morgan fingerprint density at radius 1 is 0.967 bits per heavy atom. The van der Waals surface area contributed by atoms with Crippen LogP contribution in [0, 0.1) is 0 Å². The second-order valence-corrected chi connectivity index (χ2v) is 6.63. The van der Waals surface area contributed by atoms with Crippen LogP contribution >= 0.6 is 0 Å². The number of phenols is 1. The molecule has 0 aliphatic rings. The third kappa shape index (κ3) is 4.10. The van der Waals surface area contributed by atoms with Gasteiger partial charge in [-0.3, -0.25) is 9.59 Å². The normalized spacial score (nSPS) is 11.1. The molecule has 7 heteroatoms. The first-order chi connectivity index (χ1) is 14.6. The quantitative estimate of drug-likeness (QED) is 0.399. The molecule has 1 heterocycles. The van der Waals surface area contributed by atoms with Crippen molar-refractivity contribution < 1.29 is 9.90 Å². The van der Waals surface area contributed by atoms with Gasteiger partial charge in [-0.2, -0.15) is 10.2 Å². The fraction of sp³-hybridized carbons (Fsp3) is 0.0435. The van der Waals surface area contributed by atoms with Crippen LogP contribution in [0.4, 0.5) is 0 Å². The molecule has 4 rings (SSSR count). The van der Waals surface area contributed by atoms with Gasteiger partial charge in [0.05, 0.1) is 18.1 Å². The van der Waals surface area contributed by atoms with Gasteiger partial charge in [0.25, 0.3) is 11.5 Å². The smallest absolute Gasteiger partial charge is 0.292 e. The van der Waals surface area contributed by atoms with Gasteiger partial charge in [0.2, 0.25) is 0 Å². The van der Waals surface area contributed by atoms with Crippen molar-refractivity contribution in [1.82, 2.24) is 15.2 Å². The Morgan fingerprint density at radius 3 is 2.37 bits per heavy atom. The van der Waals surface area contributed by atoms with Crippen LogP contribution in [0.2, 0.25) is 0 Å². The monoisotopic (exact) mass is 398 g/mol. The Labute approximate surface area is 171 Å². The molecule has 0 unspecified atom stereocenters. The molecule has 0 radical (unpaired) electrons. The maximum atomic E-state index is 12.9. The summed E-state index contributed by atoms with van der Waals surface area (Å²) in [6.45, 7) is 0.252. The lowest BCUT2D eigenvalue weighted by Gasteiger charge is -2.10. The molecule has 0 saturated carbocycles. The minimum atomic E-state index is -0.525. The van der Waals surface area contributed by atoms with Gasteiger partial charge >= 0.3 is 0 Å². The van der Waals surface area contributed by atoms with Crippen LogP contribution in [-0.2, 0) is 6.54 Å². The highest BCUT2D eigenvalue weighted by molar-refractivity contribution is 6.04. The molecule has 7 nitrogen and oxygen atoms in total. The van der Waals surface area contributed by atoms with Crippen molar-refractivity contribution in [2.45, 2.75) is 6.54 Å². The van der Waals surface area contributed by atoms with E-state index < -0.39 is 5.91 Å². The van der Waals surface area contributed by atoms with E-state index in [0.717, 1.165) is 5.56 Å². The van der Waals surface area contributed by atoms with E-state index >= 15 is 0 Å². The number of fused-ring (bicyclic) bond motifs is 1. The number of rotatable bonds is 5. The lowest BCUT2D eigenvalue weighted by molar-refractivity contribution is 0.0949. The SMILES string of the molecule is O=C(NN=Cc1ccc(O)cc1)c1nn(Cc2ccccc2)c(=O)c2ccccc12. The van der Waals surface area contributed by atoms with Crippen LogP contribution in [0.5, 0.6) is 5.75 Å². The number of nitrogens with one attached hydrogen (secondary N) is 1. The average Bonchev–Trinajstić information content (AvgIpc) is 2.78. The molecular formula is C23H18N4O3.